The zero-order valence-electron chi connectivity index (χ0n) is 8.61. The molecule has 0 saturated heterocycles. The lowest BCUT2D eigenvalue weighted by molar-refractivity contribution is -0.138. The monoisotopic (exact) mass is 212 g/mol. The molecule has 0 radical (unpaired) electrons. The molecule has 1 amide bonds. The Kier molecular flexibility index (Phi) is 6.92. The van der Waals surface area contributed by atoms with E-state index in [9.17, 15) is 9.59 Å². The van der Waals surface area contributed by atoms with Gasteiger partial charge in [0.2, 0.25) is 5.91 Å². The smallest absolute Gasteiger partial charge is 0.317 e. The molecule has 0 aliphatic carbocycles. The van der Waals surface area contributed by atoms with Crippen LogP contribution in [0.15, 0.2) is 25.3 Å². The number of amides is 1. The van der Waals surface area contributed by atoms with E-state index < -0.39 is 5.97 Å². The Labute approximate surface area is 89.1 Å². The summed E-state index contributed by atoms with van der Waals surface area (Å²) in [5.74, 6) is -1.19. The van der Waals surface area contributed by atoms with E-state index in [1.165, 1.54) is 4.90 Å². The fraction of sp³-hybridized carbons (Fsp3) is 0.400. The molecule has 5 nitrogen and oxygen atoms in total. The minimum absolute atomic E-state index is 0.0478. The molecule has 0 unspecified atom stereocenters. The molecule has 0 rings (SSSR count). The molecule has 84 valence electrons. The van der Waals surface area contributed by atoms with Gasteiger partial charge in [0.05, 0.1) is 13.1 Å². The van der Waals surface area contributed by atoms with Gasteiger partial charge in [-0.05, 0) is 0 Å². The Morgan fingerprint density at radius 1 is 1.27 bits per heavy atom. The third-order valence-corrected chi connectivity index (χ3v) is 1.56. The summed E-state index contributed by atoms with van der Waals surface area (Å²) in [4.78, 5) is 23.2. The quantitative estimate of drug-likeness (QED) is 0.549. The van der Waals surface area contributed by atoms with Crippen molar-refractivity contribution < 1.29 is 14.7 Å². The van der Waals surface area contributed by atoms with Gasteiger partial charge in [-0.25, -0.2) is 0 Å². The largest absolute Gasteiger partial charge is 0.480 e. The van der Waals surface area contributed by atoms with Gasteiger partial charge < -0.3 is 10.4 Å². The molecular weight excluding hydrogens is 196 g/mol. The van der Waals surface area contributed by atoms with Crippen LogP contribution < -0.4 is 5.32 Å². The van der Waals surface area contributed by atoms with E-state index in [-0.39, 0.29) is 19.0 Å². The van der Waals surface area contributed by atoms with Crippen LogP contribution in [0.3, 0.4) is 0 Å². The Bertz CT molecular complexity index is 251. The summed E-state index contributed by atoms with van der Waals surface area (Å²) in [6, 6.07) is 0. The number of aliphatic carboxylic acids is 1. The van der Waals surface area contributed by atoms with Gasteiger partial charge in [-0.3, -0.25) is 14.5 Å². The van der Waals surface area contributed by atoms with Crippen LogP contribution in [0.1, 0.15) is 0 Å². The Balaban J connectivity index is 4.02. The van der Waals surface area contributed by atoms with Gasteiger partial charge in [-0.15, -0.1) is 13.2 Å². The number of nitrogens with one attached hydrogen (secondary N) is 1. The number of carbonyl (C=O) groups is 2. The maximum atomic E-state index is 11.2. The van der Waals surface area contributed by atoms with Gasteiger partial charge in [0.1, 0.15) is 0 Å². The lowest BCUT2D eigenvalue weighted by atomic mass is 10.4. The molecule has 5 heteroatoms. The van der Waals surface area contributed by atoms with Crippen LogP contribution >= 0.6 is 0 Å². The number of nitrogens with zero attached hydrogens (tertiary/aromatic N) is 1. The summed E-state index contributed by atoms with van der Waals surface area (Å²) >= 11 is 0. The van der Waals surface area contributed by atoms with Crippen LogP contribution in [0.2, 0.25) is 0 Å². The summed E-state index contributed by atoms with van der Waals surface area (Å²) in [7, 11) is 0. The maximum Gasteiger partial charge on any atom is 0.317 e. The van der Waals surface area contributed by atoms with E-state index in [1.54, 1.807) is 12.2 Å². The molecule has 0 aliphatic rings. The first-order valence-electron chi connectivity index (χ1n) is 4.52. The van der Waals surface area contributed by atoms with Crippen LogP contribution in [-0.2, 0) is 9.59 Å². The standard InChI is InChI=1S/C10H16N2O3/c1-3-5-11-9(13)7-12(6-4-2)8-10(14)15/h3-4H,1-2,5-8H2,(H,11,13)(H,14,15). The van der Waals surface area contributed by atoms with E-state index in [2.05, 4.69) is 18.5 Å². The third kappa shape index (κ3) is 7.45. The predicted molar refractivity (Wildman–Crippen MR) is 57.5 cm³/mol. The minimum atomic E-state index is -0.964. The second-order valence-corrected chi connectivity index (χ2v) is 2.94. The number of hydrogen-bond donors (Lipinski definition) is 2. The van der Waals surface area contributed by atoms with Crippen molar-refractivity contribution >= 4 is 11.9 Å². The first kappa shape index (κ1) is 13.4. The van der Waals surface area contributed by atoms with Crippen molar-refractivity contribution in [1.82, 2.24) is 10.2 Å². The Hall–Kier alpha value is -1.62. The average Bonchev–Trinajstić information content (AvgIpc) is 2.14. The van der Waals surface area contributed by atoms with Gasteiger partial charge in [0, 0.05) is 13.1 Å². The second-order valence-electron chi connectivity index (χ2n) is 2.94. The molecule has 0 bridgehead atoms. The molecule has 0 aromatic rings. The zero-order chi connectivity index (χ0) is 11.7. The number of rotatable bonds is 8. The van der Waals surface area contributed by atoms with E-state index in [0.29, 0.717) is 13.1 Å². The minimum Gasteiger partial charge on any atom is -0.480 e. The Morgan fingerprint density at radius 2 is 1.93 bits per heavy atom. The normalized spacial score (nSPS) is 9.67. The molecule has 0 atom stereocenters. The zero-order valence-corrected chi connectivity index (χ0v) is 8.61. The van der Waals surface area contributed by atoms with Crippen LogP contribution in [0.4, 0.5) is 0 Å². The number of carbonyl (C=O) groups excluding carboxylic acids is 1. The van der Waals surface area contributed by atoms with E-state index in [4.69, 9.17) is 5.11 Å². The van der Waals surface area contributed by atoms with Crippen molar-refractivity contribution in [3.63, 3.8) is 0 Å². The van der Waals surface area contributed by atoms with Crippen LogP contribution in [0, 0.1) is 0 Å². The summed E-state index contributed by atoms with van der Waals surface area (Å²) in [5, 5.41) is 11.1. The number of carboxylic acid groups (broad SMARTS) is 1. The van der Waals surface area contributed by atoms with Crippen molar-refractivity contribution in [2.45, 2.75) is 0 Å². The molecule has 0 heterocycles. The summed E-state index contributed by atoms with van der Waals surface area (Å²) < 4.78 is 0. The van der Waals surface area contributed by atoms with E-state index in [0.717, 1.165) is 0 Å². The lowest BCUT2D eigenvalue weighted by Gasteiger charge is -2.17. The average molecular weight is 212 g/mol. The van der Waals surface area contributed by atoms with Gasteiger partial charge in [0.15, 0.2) is 0 Å². The molecule has 0 aromatic heterocycles. The highest BCUT2D eigenvalue weighted by molar-refractivity contribution is 5.79. The van der Waals surface area contributed by atoms with Crippen LogP contribution in [-0.4, -0.2) is 48.1 Å². The fourth-order valence-electron chi connectivity index (χ4n) is 1.00. The summed E-state index contributed by atoms with van der Waals surface area (Å²) in [6.45, 7) is 7.58. The molecule has 2 N–H and O–H groups in total. The van der Waals surface area contributed by atoms with Crippen molar-refractivity contribution in [3.05, 3.63) is 25.3 Å². The SMILES string of the molecule is C=CCNC(=O)CN(CC=C)CC(=O)O. The van der Waals surface area contributed by atoms with Gasteiger partial charge >= 0.3 is 5.97 Å². The molecule has 0 aromatic carbocycles. The van der Waals surface area contributed by atoms with Crippen LogP contribution in [0.5, 0.6) is 0 Å². The Morgan fingerprint density at radius 3 is 2.40 bits per heavy atom. The first-order chi connectivity index (χ1) is 7.10. The van der Waals surface area contributed by atoms with E-state index in [1.807, 2.05) is 0 Å². The number of hydrogen-bond acceptors (Lipinski definition) is 3. The molecule has 15 heavy (non-hydrogen) atoms. The lowest BCUT2D eigenvalue weighted by Crippen LogP contribution is -2.39. The second kappa shape index (κ2) is 7.75. The van der Waals surface area contributed by atoms with Crippen LogP contribution in [0.25, 0.3) is 0 Å². The molecule has 0 aliphatic heterocycles. The summed E-state index contributed by atoms with van der Waals surface area (Å²) in [6.07, 6.45) is 3.12. The molecule has 0 fully saturated rings. The van der Waals surface area contributed by atoms with E-state index >= 15 is 0 Å². The van der Waals surface area contributed by atoms with Gasteiger partial charge in [0.25, 0.3) is 0 Å². The molecule has 0 saturated carbocycles. The summed E-state index contributed by atoms with van der Waals surface area (Å²) in [5.41, 5.74) is 0. The third-order valence-electron chi connectivity index (χ3n) is 1.56. The topological polar surface area (TPSA) is 69.6 Å². The van der Waals surface area contributed by atoms with Gasteiger partial charge in [-0.1, -0.05) is 12.2 Å². The van der Waals surface area contributed by atoms with Crippen molar-refractivity contribution in [1.29, 1.82) is 0 Å². The highest BCUT2D eigenvalue weighted by atomic mass is 16.4. The number of carboxylic acids is 1. The maximum absolute atomic E-state index is 11.2. The highest BCUT2D eigenvalue weighted by Gasteiger charge is 2.11. The predicted octanol–water partition coefficient (Wildman–Crippen LogP) is -0.139. The molecular formula is C10H16N2O3. The van der Waals surface area contributed by atoms with Gasteiger partial charge in [-0.2, -0.15) is 0 Å². The highest BCUT2D eigenvalue weighted by Crippen LogP contribution is 1.88. The first-order valence-corrected chi connectivity index (χ1v) is 4.52. The van der Waals surface area contributed by atoms with Crippen molar-refractivity contribution in [2.24, 2.45) is 0 Å². The fourth-order valence-corrected chi connectivity index (χ4v) is 1.00. The van der Waals surface area contributed by atoms with Crippen molar-refractivity contribution in [2.75, 3.05) is 26.2 Å². The van der Waals surface area contributed by atoms with Crippen molar-refractivity contribution in [3.8, 4) is 0 Å². The molecule has 0 spiro atoms.